The number of carbonyl (C=O) groups is 4. The van der Waals surface area contributed by atoms with Gasteiger partial charge in [-0.1, -0.05) is 199 Å². The Balaban J connectivity index is 2.68. The molecule has 6 unspecified atom stereocenters. The Morgan fingerprint density at radius 1 is 0.464 bits per heavy atom. The Kier molecular flexibility index (Phi) is 43.1. The molecule has 0 radical (unpaired) electrons. The van der Waals surface area contributed by atoms with E-state index in [9.17, 15) is 34.5 Å². The summed E-state index contributed by atoms with van der Waals surface area (Å²) in [5.41, 5.74) is 0. The number of aliphatic hydroxyl groups excluding tert-OH is 2. The monoisotopic (exact) mass is 979 g/mol. The molecule has 402 valence electrons. The van der Waals surface area contributed by atoms with Gasteiger partial charge in [-0.3, -0.25) is 14.4 Å². The first kappa shape index (κ1) is 64.2. The molecule has 12 heteroatoms. The number of unbranched alkanes of at least 4 members (excludes halogenated alkanes) is 30. The maximum Gasteiger partial charge on any atom is 0.335 e. The molecule has 69 heavy (non-hydrogen) atoms. The summed E-state index contributed by atoms with van der Waals surface area (Å²) in [7, 11) is 0. The number of rotatable bonds is 48. The highest BCUT2D eigenvalue weighted by Crippen LogP contribution is 2.26. The summed E-state index contributed by atoms with van der Waals surface area (Å²) in [5.74, 6) is -3.12. The molecule has 12 nitrogen and oxygen atoms in total. The number of hydrogen-bond donors (Lipinski definition) is 3. The minimum absolute atomic E-state index is 0.0634. The lowest BCUT2D eigenvalue weighted by Crippen LogP contribution is -2.61. The van der Waals surface area contributed by atoms with Gasteiger partial charge in [0.05, 0.1) is 6.61 Å². The number of allylic oxidation sites excluding steroid dienone is 4. The van der Waals surface area contributed by atoms with Crippen LogP contribution in [0.1, 0.15) is 265 Å². The van der Waals surface area contributed by atoms with E-state index < -0.39 is 67.3 Å². The Labute approximate surface area is 419 Å². The standard InChI is InChI=1S/C57H102O12/c1-4-7-10-13-16-19-21-23-24-25-26-28-29-32-34-37-40-43-49(58)65-46-48(67-50(59)44-41-38-36-33-30-27-22-20-17-14-11-8-5-2)47-66-57-55(53(62)52(61)54(69-57)56(63)64)68-51(60)45-42-39-35-31-18-15-12-9-6-3/h20,22-24,48,52-55,57,61-62H,4-19,21,25-47H2,1-3H3,(H,63,64)/b22-20-,24-23-. The fourth-order valence-corrected chi connectivity index (χ4v) is 8.59. The van der Waals surface area contributed by atoms with Crippen molar-refractivity contribution >= 4 is 23.9 Å². The third kappa shape index (κ3) is 36.7. The molecule has 0 aromatic carbocycles. The first-order valence-corrected chi connectivity index (χ1v) is 28.3. The van der Waals surface area contributed by atoms with Crippen molar-refractivity contribution in [3.05, 3.63) is 24.3 Å². The Bertz CT molecular complexity index is 1300. The van der Waals surface area contributed by atoms with E-state index in [4.69, 9.17) is 23.7 Å². The average Bonchev–Trinajstić information content (AvgIpc) is 3.33. The van der Waals surface area contributed by atoms with E-state index in [0.717, 1.165) is 89.9 Å². The number of esters is 3. The van der Waals surface area contributed by atoms with Crippen molar-refractivity contribution in [2.45, 2.75) is 302 Å². The molecule has 0 aromatic rings. The zero-order chi connectivity index (χ0) is 50.4. The summed E-state index contributed by atoms with van der Waals surface area (Å²) in [5, 5.41) is 31.3. The molecule has 1 rings (SSSR count). The van der Waals surface area contributed by atoms with E-state index in [2.05, 4.69) is 45.1 Å². The molecule has 3 N–H and O–H groups in total. The molecular weight excluding hydrogens is 877 g/mol. The highest BCUT2D eigenvalue weighted by molar-refractivity contribution is 5.74. The van der Waals surface area contributed by atoms with Crippen LogP contribution in [0.2, 0.25) is 0 Å². The molecule has 0 aromatic heterocycles. The maximum absolute atomic E-state index is 13.1. The van der Waals surface area contributed by atoms with Crippen LogP contribution >= 0.6 is 0 Å². The molecule has 1 saturated heterocycles. The van der Waals surface area contributed by atoms with Crippen molar-refractivity contribution in [2.24, 2.45) is 0 Å². The maximum atomic E-state index is 13.1. The Hall–Kier alpha value is -2.80. The van der Waals surface area contributed by atoms with E-state index in [1.165, 1.54) is 116 Å². The second-order valence-electron chi connectivity index (χ2n) is 19.6. The summed E-state index contributed by atoms with van der Waals surface area (Å²) in [6.45, 7) is 5.94. The average molecular weight is 979 g/mol. The molecule has 1 fully saturated rings. The summed E-state index contributed by atoms with van der Waals surface area (Å²) in [6.07, 6.45) is 38.8. The molecule has 1 aliphatic heterocycles. The second kappa shape index (κ2) is 46.3. The van der Waals surface area contributed by atoms with Crippen LogP contribution in [0.4, 0.5) is 0 Å². The highest BCUT2D eigenvalue weighted by atomic mass is 16.7. The molecular formula is C57H102O12. The SMILES string of the molecule is CCCCCC/C=C\CCCCCCCC(=O)OC(COC(=O)CCCCCCCCC/C=C\CCCCCCCC)COC1OC(C(=O)O)C(O)C(O)C1OC(=O)CCCCCCCCCCC. The number of aliphatic carboxylic acids is 1. The van der Waals surface area contributed by atoms with Crippen LogP contribution in [-0.2, 0) is 42.9 Å². The number of ether oxygens (including phenoxy) is 5. The van der Waals surface area contributed by atoms with Crippen molar-refractivity contribution < 1.29 is 58.2 Å². The predicted molar refractivity (Wildman–Crippen MR) is 276 cm³/mol. The van der Waals surface area contributed by atoms with Gasteiger partial charge in [0.25, 0.3) is 0 Å². The van der Waals surface area contributed by atoms with Crippen LogP contribution in [0.5, 0.6) is 0 Å². The lowest BCUT2D eigenvalue weighted by atomic mass is 9.98. The molecule has 6 atom stereocenters. The van der Waals surface area contributed by atoms with E-state index in [0.29, 0.717) is 19.3 Å². The molecule has 0 spiro atoms. The minimum Gasteiger partial charge on any atom is -0.479 e. The molecule has 0 saturated carbocycles. The number of carboxylic acids is 1. The van der Waals surface area contributed by atoms with Gasteiger partial charge >= 0.3 is 23.9 Å². The van der Waals surface area contributed by atoms with Gasteiger partial charge < -0.3 is 39.0 Å². The lowest BCUT2D eigenvalue weighted by Gasteiger charge is -2.40. The van der Waals surface area contributed by atoms with Gasteiger partial charge in [0.1, 0.15) is 18.8 Å². The summed E-state index contributed by atoms with van der Waals surface area (Å²) in [6, 6.07) is 0. The Morgan fingerprint density at radius 2 is 0.826 bits per heavy atom. The highest BCUT2D eigenvalue weighted by Gasteiger charge is 2.50. The number of carbonyl (C=O) groups excluding carboxylic acids is 3. The number of hydrogen-bond acceptors (Lipinski definition) is 11. The van der Waals surface area contributed by atoms with Crippen molar-refractivity contribution in [2.75, 3.05) is 13.2 Å². The molecule has 1 aliphatic rings. The van der Waals surface area contributed by atoms with Gasteiger partial charge in [0.2, 0.25) is 0 Å². The predicted octanol–water partition coefficient (Wildman–Crippen LogP) is 13.9. The number of carboxylic acid groups (broad SMARTS) is 1. The normalized spacial score (nSPS) is 18.8. The van der Waals surface area contributed by atoms with Crippen molar-refractivity contribution in [3.8, 4) is 0 Å². The van der Waals surface area contributed by atoms with E-state index in [1.807, 2.05) is 0 Å². The van der Waals surface area contributed by atoms with Gasteiger partial charge in [0.15, 0.2) is 24.6 Å². The van der Waals surface area contributed by atoms with Gasteiger partial charge in [-0.15, -0.1) is 0 Å². The van der Waals surface area contributed by atoms with Crippen LogP contribution in [0.3, 0.4) is 0 Å². The fourth-order valence-electron chi connectivity index (χ4n) is 8.59. The third-order valence-electron chi connectivity index (χ3n) is 13.0. The fraction of sp³-hybridized carbons (Fsp3) is 0.860. The summed E-state index contributed by atoms with van der Waals surface area (Å²) < 4.78 is 28.3. The third-order valence-corrected chi connectivity index (χ3v) is 13.0. The van der Waals surface area contributed by atoms with Crippen molar-refractivity contribution in [3.63, 3.8) is 0 Å². The first-order valence-electron chi connectivity index (χ1n) is 28.3. The van der Waals surface area contributed by atoms with Crippen LogP contribution in [0.15, 0.2) is 24.3 Å². The zero-order valence-electron chi connectivity index (χ0n) is 44.1. The van der Waals surface area contributed by atoms with Crippen molar-refractivity contribution in [1.82, 2.24) is 0 Å². The van der Waals surface area contributed by atoms with Crippen LogP contribution in [0.25, 0.3) is 0 Å². The molecule has 0 aliphatic carbocycles. The van der Waals surface area contributed by atoms with Crippen molar-refractivity contribution in [1.29, 1.82) is 0 Å². The van der Waals surface area contributed by atoms with Crippen LogP contribution < -0.4 is 0 Å². The largest absolute Gasteiger partial charge is 0.479 e. The first-order chi connectivity index (χ1) is 33.6. The zero-order valence-corrected chi connectivity index (χ0v) is 44.1. The molecule has 1 heterocycles. The quantitative estimate of drug-likeness (QED) is 0.0228. The van der Waals surface area contributed by atoms with E-state index >= 15 is 0 Å². The van der Waals surface area contributed by atoms with Gasteiger partial charge in [0, 0.05) is 19.3 Å². The summed E-state index contributed by atoms with van der Waals surface area (Å²) >= 11 is 0. The molecule has 0 bridgehead atoms. The smallest absolute Gasteiger partial charge is 0.335 e. The van der Waals surface area contributed by atoms with Gasteiger partial charge in [-0.05, 0) is 70.6 Å². The van der Waals surface area contributed by atoms with Crippen LogP contribution in [-0.4, -0.2) is 89.2 Å². The molecule has 0 amide bonds. The lowest BCUT2D eigenvalue weighted by molar-refractivity contribution is -0.301. The Morgan fingerprint density at radius 3 is 1.25 bits per heavy atom. The number of aliphatic hydroxyl groups is 2. The topological polar surface area (TPSA) is 175 Å². The van der Waals surface area contributed by atoms with E-state index in [-0.39, 0.29) is 25.9 Å². The second-order valence-corrected chi connectivity index (χ2v) is 19.6. The van der Waals surface area contributed by atoms with E-state index in [1.54, 1.807) is 0 Å². The van der Waals surface area contributed by atoms with Gasteiger partial charge in [-0.2, -0.15) is 0 Å². The van der Waals surface area contributed by atoms with Gasteiger partial charge in [-0.25, -0.2) is 4.79 Å². The summed E-state index contributed by atoms with van der Waals surface area (Å²) in [4.78, 5) is 50.9. The van der Waals surface area contributed by atoms with Crippen LogP contribution in [0, 0.1) is 0 Å². The minimum atomic E-state index is -1.90.